The predicted octanol–water partition coefficient (Wildman–Crippen LogP) is 3.18. The van der Waals surface area contributed by atoms with Gasteiger partial charge in [0.2, 0.25) is 5.91 Å². The van der Waals surface area contributed by atoms with Crippen molar-refractivity contribution in [2.75, 3.05) is 41.7 Å². The summed E-state index contributed by atoms with van der Waals surface area (Å²) in [5, 5.41) is 2.86. The minimum absolute atomic E-state index is 0.123. The number of nitrogens with one attached hydrogen (secondary N) is 2. The summed E-state index contributed by atoms with van der Waals surface area (Å²) in [7, 11) is -2.27. The maximum absolute atomic E-state index is 12.9. The third-order valence-electron chi connectivity index (χ3n) is 5.06. The number of nitrogens with zero attached hydrogens (tertiary/aromatic N) is 1. The molecule has 0 aliphatic carbocycles. The maximum atomic E-state index is 12.9. The van der Waals surface area contributed by atoms with Gasteiger partial charge in [-0.2, -0.15) is 11.8 Å². The molecule has 9 heteroatoms. The second kappa shape index (κ2) is 9.72. The number of hydrogen-bond donors (Lipinski definition) is 2. The Morgan fingerprint density at radius 2 is 1.73 bits per heavy atom. The lowest BCUT2D eigenvalue weighted by Crippen LogP contribution is -2.46. The van der Waals surface area contributed by atoms with Crippen molar-refractivity contribution in [2.24, 2.45) is 0 Å². The summed E-state index contributed by atoms with van der Waals surface area (Å²) in [6.07, 6.45) is 0. The van der Waals surface area contributed by atoms with Crippen LogP contribution in [0.15, 0.2) is 47.4 Å². The van der Waals surface area contributed by atoms with Crippen LogP contribution in [-0.2, 0) is 14.8 Å². The van der Waals surface area contributed by atoms with Gasteiger partial charge >= 0.3 is 0 Å². The van der Waals surface area contributed by atoms with E-state index in [2.05, 4.69) is 14.9 Å². The van der Waals surface area contributed by atoms with Crippen LogP contribution in [0.3, 0.4) is 0 Å². The van der Waals surface area contributed by atoms with E-state index in [1.54, 1.807) is 50.4 Å². The van der Waals surface area contributed by atoms with Crippen LogP contribution < -0.4 is 14.8 Å². The van der Waals surface area contributed by atoms with E-state index in [1.807, 2.05) is 18.7 Å². The Balaban J connectivity index is 1.75. The molecule has 7 nitrogen and oxygen atoms in total. The lowest BCUT2D eigenvalue weighted by atomic mass is 10.2. The molecule has 3 rings (SSSR count). The third-order valence-corrected chi connectivity index (χ3v) is 7.53. The number of benzene rings is 2. The average Bonchev–Trinajstić information content (AvgIpc) is 2.75. The van der Waals surface area contributed by atoms with Crippen molar-refractivity contribution in [3.05, 3.63) is 48.0 Å². The maximum Gasteiger partial charge on any atom is 0.262 e. The van der Waals surface area contributed by atoms with Crippen molar-refractivity contribution < 1.29 is 17.9 Å². The molecule has 2 N–H and O–H groups in total. The number of methoxy groups -OCH3 is 1. The number of rotatable bonds is 7. The first-order valence-electron chi connectivity index (χ1n) is 9.70. The Kier molecular flexibility index (Phi) is 7.27. The molecule has 1 amide bonds. The van der Waals surface area contributed by atoms with Gasteiger partial charge in [-0.3, -0.25) is 14.4 Å². The summed E-state index contributed by atoms with van der Waals surface area (Å²) in [4.78, 5) is 14.9. The fraction of sp³-hybridized carbons (Fsp3) is 0.381. The number of hydrogen-bond acceptors (Lipinski definition) is 6. The molecule has 1 fully saturated rings. The number of amides is 1. The van der Waals surface area contributed by atoms with Crippen LogP contribution in [0.4, 0.5) is 11.4 Å². The highest BCUT2D eigenvalue weighted by Gasteiger charge is 2.24. The molecule has 162 valence electrons. The van der Waals surface area contributed by atoms with Gasteiger partial charge in [0.25, 0.3) is 10.0 Å². The first kappa shape index (κ1) is 22.5. The van der Waals surface area contributed by atoms with Gasteiger partial charge in [0.1, 0.15) is 5.75 Å². The van der Waals surface area contributed by atoms with Gasteiger partial charge in [0.05, 0.1) is 18.0 Å². The van der Waals surface area contributed by atoms with Crippen molar-refractivity contribution >= 4 is 39.1 Å². The highest BCUT2D eigenvalue weighted by molar-refractivity contribution is 7.99. The van der Waals surface area contributed by atoms with Gasteiger partial charge in [-0.1, -0.05) is 6.07 Å². The van der Waals surface area contributed by atoms with E-state index in [9.17, 15) is 13.2 Å². The van der Waals surface area contributed by atoms with Gasteiger partial charge in [0, 0.05) is 36.0 Å². The Morgan fingerprint density at radius 3 is 2.37 bits per heavy atom. The first-order chi connectivity index (χ1) is 14.3. The molecule has 0 saturated carbocycles. The molecule has 30 heavy (non-hydrogen) atoms. The summed E-state index contributed by atoms with van der Waals surface area (Å²) in [5.74, 6) is 2.53. The Hall–Kier alpha value is -2.23. The van der Waals surface area contributed by atoms with Crippen molar-refractivity contribution in [1.82, 2.24) is 4.90 Å². The quantitative estimate of drug-likeness (QED) is 0.675. The molecule has 0 radical (unpaired) electrons. The minimum Gasteiger partial charge on any atom is -0.497 e. The van der Waals surface area contributed by atoms with E-state index in [0.29, 0.717) is 22.7 Å². The van der Waals surface area contributed by atoms with Gasteiger partial charge in [-0.05, 0) is 55.8 Å². The van der Waals surface area contributed by atoms with E-state index in [-0.39, 0.29) is 16.8 Å². The SMILES string of the molecule is COc1ccc(NS(=O)(=O)c2cc(NC(=O)[C@H](C)N3CCSCC3)ccc2C)cc1. The topological polar surface area (TPSA) is 87.7 Å². The van der Waals surface area contributed by atoms with Gasteiger partial charge in [-0.25, -0.2) is 8.42 Å². The number of ether oxygens (including phenoxy) is 1. The Labute approximate surface area is 182 Å². The standard InChI is InChI=1S/C21H27N3O4S2/c1-15-4-5-18(22-21(25)16(2)24-10-12-29-13-11-24)14-20(15)30(26,27)23-17-6-8-19(28-3)9-7-17/h4-9,14,16,23H,10-13H2,1-3H3,(H,22,25)/t16-/m0/s1. The molecular formula is C21H27N3O4S2. The van der Waals surface area contributed by atoms with Crippen molar-refractivity contribution in [2.45, 2.75) is 24.8 Å². The summed E-state index contributed by atoms with van der Waals surface area (Å²) in [6, 6.07) is 11.3. The van der Waals surface area contributed by atoms with Crippen molar-refractivity contribution in [3.63, 3.8) is 0 Å². The fourth-order valence-corrected chi connectivity index (χ4v) is 5.48. The largest absolute Gasteiger partial charge is 0.497 e. The lowest BCUT2D eigenvalue weighted by molar-refractivity contribution is -0.120. The van der Waals surface area contributed by atoms with E-state index in [4.69, 9.17) is 4.74 Å². The van der Waals surface area contributed by atoms with Crippen LogP contribution in [0.1, 0.15) is 12.5 Å². The molecular weight excluding hydrogens is 422 g/mol. The van der Waals surface area contributed by atoms with Crippen LogP contribution in [0.2, 0.25) is 0 Å². The van der Waals surface area contributed by atoms with Crippen molar-refractivity contribution in [1.29, 1.82) is 0 Å². The fourth-order valence-electron chi connectivity index (χ4n) is 3.21. The highest BCUT2D eigenvalue weighted by Crippen LogP contribution is 2.24. The molecule has 2 aromatic rings. The summed E-state index contributed by atoms with van der Waals surface area (Å²) in [6.45, 7) is 5.35. The summed E-state index contributed by atoms with van der Waals surface area (Å²) in [5.41, 5.74) is 1.48. The van der Waals surface area contributed by atoms with E-state index < -0.39 is 10.0 Å². The predicted molar refractivity (Wildman–Crippen MR) is 122 cm³/mol. The molecule has 0 spiro atoms. The Bertz CT molecular complexity index is 988. The highest BCUT2D eigenvalue weighted by atomic mass is 32.2. The van der Waals surface area contributed by atoms with Gasteiger partial charge < -0.3 is 10.1 Å². The molecule has 1 heterocycles. The number of thioether (sulfide) groups is 1. The van der Waals surface area contributed by atoms with E-state index >= 15 is 0 Å². The zero-order valence-corrected chi connectivity index (χ0v) is 19.0. The van der Waals surface area contributed by atoms with Crippen LogP contribution >= 0.6 is 11.8 Å². The lowest BCUT2D eigenvalue weighted by Gasteiger charge is -2.31. The smallest absolute Gasteiger partial charge is 0.262 e. The average molecular weight is 450 g/mol. The molecule has 0 unspecified atom stereocenters. The van der Waals surface area contributed by atoms with Crippen LogP contribution in [-0.4, -0.2) is 57.0 Å². The summed E-state index contributed by atoms with van der Waals surface area (Å²) < 4.78 is 33.5. The molecule has 1 atom stereocenters. The summed E-state index contributed by atoms with van der Waals surface area (Å²) >= 11 is 1.89. The number of sulfonamides is 1. The number of carbonyl (C=O) groups is 1. The zero-order valence-electron chi connectivity index (χ0n) is 17.3. The van der Waals surface area contributed by atoms with Crippen LogP contribution in [0.5, 0.6) is 5.75 Å². The molecule has 1 saturated heterocycles. The number of aryl methyl sites for hydroxylation is 1. The van der Waals surface area contributed by atoms with Crippen LogP contribution in [0, 0.1) is 6.92 Å². The molecule has 0 bridgehead atoms. The molecule has 0 aromatic heterocycles. The third kappa shape index (κ3) is 5.47. The van der Waals surface area contributed by atoms with Gasteiger partial charge in [-0.15, -0.1) is 0 Å². The number of anilines is 2. The van der Waals surface area contributed by atoms with Gasteiger partial charge in [0.15, 0.2) is 0 Å². The normalized spacial score (nSPS) is 16.0. The monoisotopic (exact) mass is 449 g/mol. The molecule has 1 aliphatic heterocycles. The zero-order chi connectivity index (χ0) is 21.7. The van der Waals surface area contributed by atoms with Crippen molar-refractivity contribution in [3.8, 4) is 5.75 Å². The van der Waals surface area contributed by atoms with E-state index in [0.717, 1.165) is 24.6 Å². The molecule has 1 aliphatic rings. The molecule has 2 aromatic carbocycles. The Morgan fingerprint density at radius 1 is 1.10 bits per heavy atom. The van der Waals surface area contributed by atoms with Crippen LogP contribution in [0.25, 0.3) is 0 Å². The second-order valence-corrected chi connectivity index (χ2v) is 10.0. The minimum atomic E-state index is -3.82. The second-order valence-electron chi connectivity index (χ2n) is 7.13. The first-order valence-corrected chi connectivity index (χ1v) is 12.3. The number of carbonyl (C=O) groups excluding carboxylic acids is 1. The van der Waals surface area contributed by atoms with E-state index in [1.165, 1.54) is 6.07 Å².